The predicted molar refractivity (Wildman–Crippen MR) is 69.2 cm³/mol. The number of amides is 2. The van der Waals surface area contributed by atoms with Crippen molar-refractivity contribution in [3.05, 3.63) is 34.1 Å². The van der Waals surface area contributed by atoms with E-state index in [1.54, 1.807) is 12.1 Å². The average Bonchev–Trinajstić information content (AvgIpc) is 2.73. The van der Waals surface area contributed by atoms with E-state index in [2.05, 4.69) is 21.2 Å². The first-order chi connectivity index (χ1) is 8.90. The highest BCUT2D eigenvalue weighted by Gasteiger charge is 2.36. The van der Waals surface area contributed by atoms with E-state index in [0.29, 0.717) is 10.0 Å². The quantitative estimate of drug-likeness (QED) is 0.891. The molecule has 0 radical (unpaired) electrons. The molecule has 0 bridgehead atoms. The van der Waals surface area contributed by atoms with Gasteiger partial charge in [-0.3, -0.25) is 0 Å². The molecule has 0 aromatic heterocycles. The first kappa shape index (κ1) is 13.8. The van der Waals surface area contributed by atoms with E-state index >= 15 is 0 Å². The monoisotopic (exact) mass is 330 g/mol. The predicted octanol–water partition coefficient (Wildman–Crippen LogP) is 2.13. The van der Waals surface area contributed by atoms with E-state index in [4.69, 9.17) is 5.11 Å². The number of urea groups is 1. The molecule has 0 saturated carbocycles. The Balaban J connectivity index is 2.23. The second-order valence-corrected chi connectivity index (χ2v) is 5.25. The van der Waals surface area contributed by atoms with Crippen LogP contribution in [0.15, 0.2) is 22.7 Å². The molecule has 2 unspecified atom stereocenters. The van der Waals surface area contributed by atoms with Gasteiger partial charge in [-0.2, -0.15) is 0 Å². The number of hydrogen-bond acceptors (Lipinski definition) is 2. The largest absolute Gasteiger partial charge is 0.480 e. The molecule has 2 atom stereocenters. The Kier molecular flexibility index (Phi) is 3.75. The van der Waals surface area contributed by atoms with Crippen LogP contribution in [0.1, 0.15) is 18.5 Å². The van der Waals surface area contributed by atoms with Gasteiger partial charge >= 0.3 is 12.0 Å². The van der Waals surface area contributed by atoms with Gasteiger partial charge in [0.15, 0.2) is 0 Å². The molecule has 19 heavy (non-hydrogen) atoms. The Labute approximate surface area is 117 Å². The van der Waals surface area contributed by atoms with Crippen molar-refractivity contribution in [1.29, 1.82) is 0 Å². The molecule has 5 nitrogen and oxygen atoms in total. The zero-order chi connectivity index (χ0) is 14.2. The van der Waals surface area contributed by atoms with Crippen LogP contribution < -0.4 is 5.32 Å². The molecule has 7 heteroatoms. The van der Waals surface area contributed by atoms with E-state index in [1.807, 2.05) is 0 Å². The molecular formula is C12H12BrFN2O3. The van der Waals surface area contributed by atoms with Crippen molar-refractivity contribution >= 4 is 27.9 Å². The topological polar surface area (TPSA) is 69.6 Å². The van der Waals surface area contributed by atoms with Gasteiger partial charge in [0.05, 0.1) is 6.04 Å². The van der Waals surface area contributed by atoms with Crippen molar-refractivity contribution in [2.24, 2.45) is 0 Å². The number of nitrogens with one attached hydrogen (secondary N) is 1. The Morgan fingerprint density at radius 1 is 1.63 bits per heavy atom. The highest BCUT2D eigenvalue weighted by atomic mass is 79.9. The highest BCUT2D eigenvalue weighted by Crippen LogP contribution is 2.26. The third-order valence-electron chi connectivity index (χ3n) is 3.10. The van der Waals surface area contributed by atoms with Crippen LogP contribution in [0.5, 0.6) is 0 Å². The van der Waals surface area contributed by atoms with Gasteiger partial charge in [-0.25, -0.2) is 14.0 Å². The fraction of sp³-hybridized carbons (Fsp3) is 0.333. The zero-order valence-corrected chi connectivity index (χ0v) is 11.6. The molecule has 0 aliphatic carbocycles. The fourth-order valence-corrected chi connectivity index (χ4v) is 2.36. The van der Waals surface area contributed by atoms with Gasteiger partial charge in [-0.05, 0) is 25.1 Å². The number of rotatable bonds is 3. The number of carbonyl (C=O) groups is 2. The summed E-state index contributed by atoms with van der Waals surface area (Å²) in [4.78, 5) is 23.8. The Morgan fingerprint density at radius 2 is 2.32 bits per heavy atom. The smallest absolute Gasteiger partial charge is 0.326 e. The molecule has 2 N–H and O–H groups in total. The number of aliphatic carboxylic acids is 1. The maximum atomic E-state index is 13.7. The normalized spacial score (nSPS) is 20.3. The van der Waals surface area contributed by atoms with Gasteiger partial charge in [0.25, 0.3) is 0 Å². The second-order valence-electron chi connectivity index (χ2n) is 4.33. The third-order valence-corrected chi connectivity index (χ3v) is 3.59. The lowest BCUT2D eigenvalue weighted by Gasteiger charge is -2.19. The number of halogens is 2. The summed E-state index contributed by atoms with van der Waals surface area (Å²) in [6, 6.07) is 2.45. The van der Waals surface area contributed by atoms with Crippen molar-refractivity contribution in [1.82, 2.24) is 10.2 Å². The number of hydrogen-bond donors (Lipinski definition) is 2. The summed E-state index contributed by atoms with van der Waals surface area (Å²) in [5.41, 5.74) is 0.336. The van der Waals surface area contributed by atoms with Gasteiger partial charge in [-0.15, -0.1) is 0 Å². The zero-order valence-electron chi connectivity index (χ0n) is 10.1. The molecule has 1 aromatic rings. The maximum absolute atomic E-state index is 13.7. The summed E-state index contributed by atoms with van der Waals surface area (Å²) in [6.45, 7) is 1.54. The van der Waals surface area contributed by atoms with Crippen LogP contribution in [-0.2, 0) is 4.79 Å². The summed E-state index contributed by atoms with van der Waals surface area (Å²) >= 11 is 3.24. The second kappa shape index (κ2) is 5.16. The van der Waals surface area contributed by atoms with E-state index in [9.17, 15) is 14.0 Å². The molecule has 2 amide bonds. The van der Waals surface area contributed by atoms with E-state index in [-0.39, 0.29) is 6.54 Å². The molecule has 0 spiro atoms. The summed E-state index contributed by atoms with van der Waals surface area (Å²) in [6.07, 6.45) is 0. The van der Waals surface area contributed by atoms with Crippen LogP contribution in [0.3, 0.4) is 0 Å². The minimum Gasteiger partial charge on any atom is -0.480 e. The van der Waals surface area contributed by atoms with Gasteiger partial charge in [0.2, 0.25) is 0 Å². The van der Waals surface area contributed by atoms with Crippen molar-refractivity contribution in [2.75, 3.05) is 6.54 Å². The lowest BCUT2D eigenvalue weighted by molar-refractivity contribution is -0.141. The highest BCUT2D eigenvalue weighted by molar-refractivity contribution is 9.10. The van der Waals surface area contributed by atoms with Gasteiger partial charge in [-0.1, -0.05) is 15.9 Å². The van der Waals surface area contributed by atoms with Crippen LogP contribution in [0, 0.1) is 5.82 Å². The SMILES string of the molecule is CC(C(=O)O)N1CC(c2cc(Br)ccc2F)NC1=O. The van der Waals surface area contributed by atoms with Crippen LogP contribution in [0.4, 0.5) is 9.18 Å². The Hall–Kier alpha value is -1.63. The number of carboxylic acid groups (broad SMARTS) is 1. The molecule has 1 fully saturated rings. The van der Waals surface area contributed by atoms with Gasteiger partial charge in [0, 0.05) is 16.6 Å². The summed E-state index contributed by atoms with van der Waals surface area (Å²) in [7, 11) is 0. The van der Waals surface area contributed by atoms with Crippen LogP contribution >= 0.6 is 15.9 Å². The first-order valence-corrected chi connectivity index (χ1v) is 6.44. The minimum absolute atomic E-state index is 0.125. The molecule has 1 heterocycles. The molecule has 1 aliphatic rings. The van der Waals surface area contributed by atoms with Crippen molar-refractivity contribution in [3.8, 4) is 0 Å². The van der Waals surface area contributed by atoms with Gasteiger partial charge in [0.1, 0.15) is 11.9 Å². The molecule has 102 valence electrons. The maximum Gasteiger partial charge on any atom is 0.326 e. The Morgan fingerprint density at radius 3 is 2.95 bits per heavy atom. The number of carbonyl (C=O) groups excluding carboxylic acids is 1. The van der Waals surface area contributed by atoms with E-state index in [1.165, 1.54) is 17.9 Å². The lowest BCUT2D eigenvalue weighted by atomic mass is 10.1. The molecular weight excluding hydrogens is 319 g/mol. The summed E-state index contributed by atoms with van der Waals surface area (Å²) in [5, 5.41) is 11.5. The molecule has 2 rings (SSSR count). The standard InChI is InChI=1S/C12H12BrFN2O3/c1-6(11(17)18)16-5-10(15-12(16)19)8-4-7(13)2-3-9(8)14/h2-4,6,10H,5H2,1H3,(H,15,19)(H,17,18). The van der Waals surface area contributed by atoms with Crippen molar-refractivity contribution < 1.29 is 19.1 Å². The number of benzene rings is 1. The minimum atomic E-state index is -1.09. The fourth-order valence-electron chi connectivity index (χ4n) is 1.98. The molecule has 1 aliphatic heterocycles. The van der Waals surface area contributed by atoms with Crippen LogP contribution in [-0.4, -0.2) is 34.6 Å². The van der Waals surface area contributed by atoms with Gasteiger partial charge < -0.3 is 15.3 Å². The lowest BCUT2D eigenvalue weighted by Crippen LogP contribution is -2.40. The van der Waals surface area contributed by atoms with E-state index < -0.39 is 29.9 Å². The molecule has 1 aromatic carbocycles. The third kappa shape index (κ3) is 2.70. The Bertz CT molecular complexity index is 538. The number of nitrogens with zero attached hydrogens (tertiary/aromatic N) is 1. The van der Waals surface area contributed by atoms with Crippen molar-refractivity contribution in [3.63, 3.8) is 0 Å². The molecule has 1 saturated heterocycles. The average molecular weight is 331 g/mol. The van der Waals surface area contributed by atoms with Crippen LogP contribution in [0.25, 0.3) is 0 Å². The van der Waals surface area contributed by atoms with Crippen LogP contribution in [0.2, 0.25) is 0 Å². The van der Waals surface area contributed by atoms with E-state index in [0.717, 1.165) is 0 Å². The van der Waals surface area contributed by atoms with Crippen molar-refractivity contribution in [2.45, 2.75) is 19.0 Å². The first-order valence-electron chi connectivity index (χ1n) is 5.65. The summed E-state index contributed by atoms with van der Waals surface area (Å²) in [5.74, 6) is -1.52. The number of carboxylic acids is 1. The summed E-state index contributed by atoms with van der Waals surface area (Å²) < 4.78 is 14.4.